The number of esters is 1. The lowest BCUT2D eigenvalue weighted by Crippen LogP contribution is -2.44. The van der Waals surface area contributed by atoms with Gasteiger partial charge in [-0.05, 0) is 39.0 Å². The number of carbonyl (C=O) groups is 2. The molecule has 0 aliphatic carbocycles. The zero-order chi connectivity index (χ0) is 22.3. The van der Waals surface area contributed by atoms with Crippen LogP contribution in [0.3, 0.4) is 0 Å². The van der Waals surface area contributed by atoms with Gasteiger partial charge in [-0.3, -0.25) is 4.90 Å². The van der Waals surface area contributed by atoms with E-state index in [1.807, 2.05) is 18.2 Å². The predicted molar refractivity (Wildman–Crippen MR) is 114 cm³/mol. The summed E-state index contributed by atoms with van der Waals surface area (Å²) in [5.74, 6) is -0.164. The standard InChI is InChI=1S/C20H22BrN5O5/c1-20(2,3)31-19(28)25-9-12(8-15(25)18(27)29-4)30-17-13-6-5-11(21)7-14(13)16-23-22-10-26(16)24-17/h5-7,10,12,15H,8-9H2,1-4H3/t12-,15+/m1/s1. The first-order chi connectivity index (χ1) is 14.7. The first kappa shape index (κ1) is 21.3. The van der Waals surface area contributed by atoms with Crippen molar-refractivity contribution in [3.63, 3.8) is 0 Å². The predicted octanol–water partition coefficient (Wildman–Crippen LogP) is 2.97. The maximum atomic E-state index is 12.7. The van der Waals surface area contributed by atoms with Crippen molar-refractivity contribution in [2.45, 2.75) is 44.9 Å². The highest BCUT2D eigenvalue weighted by atomic mass is 79.9. The second-order valence-corrected chi connectivity index (χ2v) is 9.16. The first-order valence-corrected chi connectivity index (χ1v) is 10.5. The molecular weight excluding hydrogens is 470 g/mol. The molecule has 0 N–H and O–H groups in total. The van der Waals surface area contributed by atoms with Crippen LogP contribution in [0.15, 0.2) is 29.0 Å². The summed E-state index contributed by atoms with van der Waals surface area (Å²) in [6.07, 6.45) is 0.669. The van der Waals surface area contributed by atoms with Crippen molar-refractivity contribution in [1.82, 2.24) is 24.7 Å². The molecule has 31 heavy (non-hydrogen) atoms. The van der Waals surface area contributed by atoms with Gasteiger partial charge in [-0.1, -0.05) is 15.9 Å². The fraction of sp³-hybridized carbons (Fsp3) is 0.450. The van der Waals surface area contributed by atoms with Crippen LogP contribution in [0.4, 0.5) is 4.79 Å². The summed E-state index contributed by atoms with van der Waals surface area (Å²) in [5.41, 5.74) is -0.0979. The van der Waals surface area contributed by atoms with Gasteiger partial charge in [-0.25, -0.2) is 9.59 Å². The first-order valence-electron chi connectivity index (χ1n) is 9.69. The molecule has 0 unspecified atom stereocenters. The van der Waals surface area contributed by atoms with Gasteiger partial charge >= 0.3 is 12.1 Å². The van der Waals surface area contributed by atoms with Crippen molar-refractivity contribution in [3.05, 3.63) is 29.0 Å². The number of hydrogen-bond donors (Lipinski definition) is 0. The molecule has 2 aromatic heterocycles. The molecule has 3 heterocycles. The minimum absolute atomic E-state index is 0.161. The zero-order valence-corrected chi connectivity index (χ0v) is 19.1. The smallest absolute Gasteiger partial charge is 0.411 e. The molecule has 0 spiro atoms. The third-order valence-electron chi connectivity index (χ3n) is 4.82. The van der Waals surface area contributed by atoms with Crippen molar-refractivity contribution in [2.75, 3.05) is 13.7 Å². The summed E-state index contributed by atoms with van der Waals surface area (Å²) in [6.45, 7) is 5.47. The third-order valence-corrected chi connectivity index (χ3v) is 5.32. The number of rotatable bonds is 3. The summed E-state index contributed by atoms with van der Waals surface area (Å²) in [4.78, 5) is 26.3. The monoisotopic (exact) mass is 491 g/mol. The third kappa shape index (κ3) is 4.27. The molecule has 1 aromatic carbocycles. The molecular formula is C20H22BrN5O5. The van der Waals surface area contributed by atoms with Gasteiger partial charge < -0.3 is 14.2 Å². The highest BCUT2D eigenvalue weighted by Gasteiger charge is 2.43. The van der Waals surface area contributed by atoms with E-state index in [9.17, 15) is 9.59 Å². The number of fused-ring (bicyclic) bond motifs is 3. The van der Waals surface area contributed by atoms with Gasteiger partial charge in [-0.2, -0.15) is 4.52 Å². The number of methoxy groups -OCH3 is 1. The fourth-order valence-electron chi connectivity index (χ4n) is 3.53. The summed E-state index contributed by atoms with van der Waals surface area (Å²) in [6, 6.07) is 4.86. The lowest BCUT2D eigenvalue weighted by atomic mass is 10.2. The van der Waals surface area contributed by atoms with Crippen molar-refractivity contribution in [3.8, 4) is 5.88 Å². The minimum atomic E-state index is -0.802. The average molecular weight is 492 g/mol. The number of nitrogens with zero attached hydrogens (tertiary/aromatic N) is 5. The topological polar surface area (TPSA) is 108 Å². The maximum Gasteiger partial charge on any atom is 0.411 e. The van der Waals surface area contributed by atoms with Crippen LogP contribution in [0, 0.1) is 0 Å². The number of likely N-dealkylation sites (tertiary alicyclic amines) is 1. The highest BCUT2D eigenvalue weighted by molar-refractivity contribution is 9.10. The van der Waals surface area contributed by atoms with E-state index in [-0.39, 0.29) is 13.0 Å². The number of carbonyl (C=O) groups excluding carboxylic acids is 2. The Morgan fingerprint density at radius 1 is 1.23 bits per heavy atom. The molecule has 4 rings (SSSR count). The van der Waals surface area contributed by atoms with E-state index in [4.69, 9.17) is 14.2 Å². The summed E-state index contributed by atoms with van der Waals surface area (Å²) in [5, 5.41) is 14.1. The lowest BCUT2D eigenvalue weighted by molar-refractivity contribution is -0.145. The van der Waals surface area contributed by atoms with Crippen molar-refractivity contribution < 1.29 is 23.8 Å². The summed E-state index contributed by atoms with van der Waals surface area (Å²) in [7, 11) is 1.29. The number of halogens is 1. The molecule has 1 amide bonds. The lowest BCUT2D eigenvalue weighted by Gasteiger charge is -2.27. The molecule has 2 atom stereocenters. The summed E-state index contributed by atoms with van der Waals surface area (Å²) < 4.78 is 18.9. The van der Waals surface area contributed by atoms with Crippen LogP contribution < -0.4 is 4.74 Å². The molecule has 11 heteroatoms. The van der Waals surface area contributed by atoms with Gasteiger partial charge in [0.2, 0.25) is 5.88 Å². The Morgan fingerprint density at radius 3 is 2.71 bits per heavy atom. The van der Waals surface area contributed by atoms with E-state index in [0.29, 0.717) is 11.5 Å². The van der Waals surface area contributed by atoms with Crippen LogP contribution in [0.2, 0.25) is 0 Å². The van der Waals surface area contributed by atoms with Gasteiger partial charge in [0.1, 0.15) is 24.1 Å². The molecule has 3 aromatic rings. The molecule has 1 fully saturated rings. The van der Waals surface area contributed by atoms with E-state index in [0.717, 1.165) is 15.2 Å². The number of ether oxygens (including phenoxy) is 3. The molecule has 10 nitrogen and oxygen atoms in total. The molecule has 0 radical (unpaired) electrons. The molecule has 1 aliphatic heterocycles. The van der Waals surface area contributed by atoms with Crippen LogP contribution in [0.5, 0.6) is 5.88 Å². The van der Waals surface area contributed by atoms with E-state index in [1.165, 1.54) is 22.9 Å². The number of hydrogen-bond acceptors (Lipinski definition) is 8. The Bertz CT molecular complexity index is 1160. The number of benzene rings is 1. The summed E-state index contributed by atoms with van der Waals surface area (Å²) >= 11 is 3.47. The number of aromatic nitrogens is 4. The van der Waals surface area contributed by atoms with Crippen LogP contribution >= 0.6 is 15.9 Å². The van der Waals surface area contributed by atoms with Crippen LogP contribution in [-0.4, -0.2) is 68.2 Å². The molecule has 1 saturated heterocycles. The van der Waals surface area contributed by atoms with Crippen LogP contribution in [-0.2, 0) is 14.3 Å². The molecule has 0 saturated carbocycles. The second-order valence-electron chi connectivity index (χ2n) is 8.24. The van der Waals surface area contributed by atoms with Gasteiger partial charge in [0.15, 0.2) is 5.65 Å². The van der Waals surface area contributed by atoms with E-state index >= 15 is 0 Å². The molecule has 164 valence electrons. The van der Waals surface area contributed by atoms with Gasteiger partial charge in [0.05, 0.1) is 13.7 Å². The van der Waals surface area contributed by atoms with E-state index in [2.05, 4.69) is 31.2 Å². The largest absolute Gasteiger partial charge is 0.471 e. The second kappa shape index (κ2) is 7.95. The maximum absolute atomic E-state index is 12.7. The van der Waals surface area contributed by atoms with Gasteiger partial charge in [0, 0.05) is 21.7 Å². The normalized spacial score (nSPS) is 19.1. The highest BCUT2D eigenvalue weighted by Crippen LogP contribution is 2.32. The van der Waals surface area contributed by atoms with Crippen LogP contribution in [0.25, 0.3) is 16.4 Å². The Hall–Kier alpha value is -2.95. The SMILES string of the molecule is COC(=O)[C@@H]1C[C@@H](Oc2nn3cnnc3c3cc(Br)ccc23)CN1C(=O)OC(C)(C)C. The zero-order valence-electron chi connectivity index (χ0n) is 17.5. The average Bonchev–Trinajstić information content (AvgIpc) is 3.33. The van der Waals surface area contributed by atoms with Crippen molar-refractivity contribution in [2.24, 2.45) is 0 Å². The van der Waals surface area contributed by atoms with Crippen LogP contribution in [0.1, 0.15) is 27.2 Å². The molecule has 1 aliphatic rings. The fourth-order valence-corrected chi connectivity index (χ4v) is 3.89. The van der Waals surface area contributed by atoms with Crippen molar-refractivity contribution >= 4 is 44.4 Å². The minimum Gasteiger partial charge on any atom is -0.471 e. The Labute approximate surface area is 186 Å². The van der Waals surface area contributed by atoms with E-state index in [1.54, 1.807) is 20.8 Å². The quantitative estimate of drug-likeness (QED) is 0.514. The van der Waals surface area contributed by atoms with Gasteiger partial charge in [0.25, 0.3) is 0 Å². The Kier molecular flexibility index (Phi) is 5.46. The van der Waals surface area contributed by atoms with Crippen molar-refractivity contribution in [1.29, 1.82) is 0 Å². The number of amides is 1. The van der Waals surface area contributed by atoms with Gasteiger partial charge in [-0.15, -0.1) is 15.3 Å². The molecule has 0 bridgehead atoms. The van der Waals surface area contributed by atoms with E-state index < -0.39 is 29.8 Å². The Morgan fingerprint density at radius 2 is 2.00 bits per heavy atom. The Balaban J connectivity index is 1.65.